The molecule has 4 nitrogen and oxygen atoms in total. The van der Waals surface area contributed by atoms with Gasteiger partial charge in [-0.15, -0.1) is 0 Å². The van der Waals surface area contributed by atoms with Gasteiger partial charge in [-0.2, -0.15) is 0 Å². The molecule has 0 amide bonds. The minimum Gasteiger partial charge on any atom is -0.508 e. The summed E-state index contributed by atoms with van der Waals surface area (Å²) in [5.41, 5.74) is 6.77. The Balaban J connectivity index is 1.87. The van der Waals surface area contributed by atoms with Gasteiger partial charge < -0.3 is 14.9 Å². The van der Waals surface area contributed by atoms with Gasteiger partial charge in [0.25, 0.3) is 0 Å². The molecule has 0 saturated carbocycles. The van der Waals surface area contributed by atoms with E-state index < -0.39 is 0 Å². The number of hydrogen-bond acceptors (Lipinski definition) is 4. The van der Waals surface area contributed by atoms with Crippen molar-refractivity contribution in [2.24, 2.45) is 0 Å². The topological polar surface area (TPSA) is 66.8 Å². The zero-order chi connectivity index (χ0) is 19.0. The lowest BCUT2D eigenvalue weighted by Crippen LogP contribution is -2.01. The number of fused-ring (bicyclic) bond motifs is 1. The number of methoxy groups -OCH3 is 1. The molecule has 0 bridgehead atoms. The monoisotopic (exact) mass is 358 g/mol. The van der Waals surface area contributed by atoms with Gasteiger partial charge in [-0.1, -0.05) is 30.3 Å². The fourth-order valence-corrected chi connectivity index (χ4v) is 3.54. The molecular formula is C23H18O4. The Hall–Kier alpha value is -3.53. The summed E-state index contributed by atoms with van der Waals surface area (Å²) in [6.07, 6.45) is 0.683. The molecule has 0 atom stereocenters. The molecule has 0 saturated heterocycles. The van der Waals surface area contributed by atoms with Crippen LogP contribution in [0.1, 0.15) is 32.6 Å². The van der Waals surface area contributed by atoms with E-state index >= 15 is 0 Å². The molecule has 0 fully saturated rings. The first-order valence-electron chi connectivity index (χ1n) is 8.60. The fourth-order valence-electron chi connectivity index (χ4n) is 3.54. The summed E-state index contributed by atoms with van der Waals surface area (Å²) in [5.74, 6) is 0.0867. The Labute approximate surface area is 157 Å². The van der Waals surface area contributed by atoms with Gasteiger partial charge >= 0.3 is 5.97 Å². The molecule has 3 aromatic rings. The zero-order valence-electron chi connectivity index (χ0n) is 14.8. The first kappa shape index (κ1) is 16.9. The van der Waals surface area contributed by atoms with E-state index in [0.29, 0.717) is 12.0 Å². The van der Waals surface area contributed by atoms with E-state index in [9.17, 15) is 15.0 Å². The third-order valence-corrected chi connectivity index (χ3v) is 4.84. The summed E-state index contributed by atoms with van der Waals surface area (Å²) in [4.78, 5) is 11.7. The summed E-state index contributed by atoms with van der Waals surface area (Å²) < 4.78 is 4.77. The molecule has 0 aliphatic heterocycles. The quantitative estimate of drug-likeness (QED) is 0.681. The second-order valence-corrected chi connectivity index (χ2v) is 6.49. The lowest BCUT2D eigenvalue weighted by Gasteiger charge is -2.11. The lowest BCUT2D eigenvalue weighted by atomic mass is 9.94. The lowest BCUT2D eigenvalue weighted by molar-refractivity contribution is 0.0600. The summed E-state index contributed by atoms with van der Waals surface area (Å²) in [5, 5.41) is 19.5. The molecule has 27 heavy (non-hydrogen) atoms. The highest BCUT2D eigenvalue weighted by molar-refractivity contribution is 6.04. The SMILES string of the molecule is COC(=O)c1ccc(C2=C(c3ccc(O)cc3)Cc3cc(O)ccc32)cc1. The first-order valence-corrected chi connectivity index (χ1v) is 8.60. The van der Waals surface area contributed by atoms with Crippen molar-refractivity contribution in [1.29, 1.82) is 0 Å². The number of ether oxygens (including phenoxy) is 1. The van der Waals surface area contributed by atoms with E-state index in [1.165, 1.54) is 7.11 Å². The van der Waals surface area contributed by atoms with Crippen LogP contribution in [0, 0.1) is 0 Å². The maximum absolute atomic E-state index is 11.7. The largest absolute Gasteiger partial charge is 0.508 e. The minimum absolute atomic E-state index is 0.219. The Kier molecular flexibility index (Phi) is 4.16. The van der Waals surface area contributed by atoms with Gasteiger partial charge in [0.2, 0.25) is 0 Å². The van der Waals surface area contributed by atoms with Gasteiger partial charge in [-0.05, 0) is 76.2 Å². The maximum Gasteiger partial charge on any atom is 0.337 e. The predicted octanol–water partition coefficient (Wildman–Crippen LogP) is 4.40. The number of carbonyl (C=O) groups is 1. The number of allylic oxidation sites excluding steroid dienone is 1. The van der Waals surface area contributed by atoms with Crippen molar-refractivity contribution in [2.75, 3.05) is 7.11 Å². The van der Waals surface area contributed by atoms with Crippen molar-refractivity contribution in [3.05, 3.63) is 94.5 Å². The second kappa shape index (κ2) is 6.65. The third kappa shape index (κ3) is 3.06. The summed E-state index contributed by atoms with van der Waals surface area (Å²) in [6.45, 7) is 0. The van der Waals surface area contributed by atoms with E-state index in [-0.39, 0.29) is 17.5 Å². The van der Waals surface area contributed by atoms with Gasteiger partial charge in [-0.3, -0.25) is 0 Å². The van der Waals surface area contributed by atoms with Crippen molar-refractivity contribution >= 4 is 17.1 Å². The van der Waals surface area contributed by atoms with Crippen LogP contribution in [0.15, 0.2) is 66.7 Å². The van der Waals surface area contributed by atoms with Crippen molar-refractivity contribution in [1.82, 2.24) is 0 Å². The standard InChI is InChI=1S/C23H18O4/c1-27-23(26)16-4-2-15(3-5-16)22-20-11-10-19(25)12-17(20)13-21(22)14-6-8-18(24)9-7-14/h2-12,24-25H,13H2,1H3. The molecule has 1 aliphatic rings. The molecule has 3 aromatic carbocycles. The average Bonchev–Trinajstić information content (AvgIpc) is 3.06. The van der Waals surface area contributed by atoms with Crippen molar-refractivity contribution in [2.45, 2.75) is 6.42 Å². The minimum atomic E-state index is -0.369. The number of carbonyl (C=O) groups excluding carboxylic acids is 1. The van der Waals surface area contributed by atoms with E-state index in [1.54, 1.807) is 36.4 Å². The highest BCUT2D eigenvalue weighted by Gasteiger charge is 2.24. The molecule has 134 valence electrons. The molecule has 0 spiro atoms. The Bertz CT molecular complexity index is 1040. The van der Waals surface area contributed by atoms with Crippen molar-refractivity contribution in [3.63, 3.8) is 0 Å². The number of phenolic OH excluding ortho intramolecular Hbond substituents is 2. The van der Waals surface area contributed by atoms with E-state index in [2.05, 4.69) is 0 Å². The van der Waals surface area contributed by atoms with E-state index in [4.69, 9.17) is 4.74 Å². The molecule has 0 aromatic heterocycles. The number of esters is 1. The number of phenols is 2. The van der Waals surface area contributed by atoms with Gasteiger partial charge in [0.15, 0.2) is 0 Å². The smallest absolute Gasteiger partial charge is 0.337 e. The third-order valence-electron chi connectivity index (χ3n) is 4.84. The highest BCUT2D eigenvalue weighted by atomic mass is 16.5. The van der Waals surface area contributed by atoms with Crippen LogP contribution in [0.2, 0.25) is 0 Å². The summed E-state index contributed by atoms with van der Waals surface area (Å²) in [6, 6.07) is 19.8. The normalized spacial score (nSPS) is 12.8. The van der Waals surface area contributed by atoms with Crippen LogP contribution in [0.25, 0.3) is 11.1 Å². The number of rotatable bonds is 3. The van der Waals surface area contributed by atoms with Crippen LogP contribution in [0.5, 0.6) is 11.5 Å². The van der Waals surface area contributed by atoms with Gasteiger partial charge in [0, 0.05) is 0 Å². The summed E-state index contributed by atoms with van der Waals surface area (Å²) in [7, 11) is 1.36. The Morgan fingerprint density at radius 2 is 1.48 bits per heavy atom. The Morgan fingerprint density at radius 1 is 0.852 bits per heavy atom. The Morgan fingerprint density at radius 3 is 2.15 bits per heavy atom. The van der Waals surface area contributed by atoms with Crippen molar-refractivity contribution < 1.29 is 19.7 Å². The molecule has 0 radical (unpaired) electrons. The fraction of sp³-hybridized carbons (Fsp3) is 0.0870. The van der Waals surface area contributed by atoms with Crippen LogP contribution in [-0.4, -0.2) is 23.3 Å². The first-order chi connectivity index (χ1) is 13.1. The molecule has 0 heterocycles. The van der Waals surface area contributed by atoms with Crippen LogP contribution >= 0.6 is 0 Å². The van der Waals surface area contributed by atoms with Gasteiger partial charge in [0.05, 0.1) is 12.7 Å². The summed E-state index contributed by atoms with van der Waals surface area (Å²) >= 11 is 0. The maximum atomic E-state index is 11.7. The molecule has 2 N–H and O–H groups in total. The van der Waals surface area contributed by atoms with E-state index in [0.717, 1.165) is 33.4 Å². The molecular weight excluding hydrogens is 340 g/mol. The van der Waals surface area contributed by atoms with Crippen LogP contribution in [0.4, 0.5) is 0 Å². The second-order valence-electron chi connectivity index (χ2n) is 6.49. The highest BCUT2D eigenvalue weighted by Crippen LogP contribution is 2.43. The zero-order valence-corrected chi connectivity index (χ0v) is 14.8. The van der Waals surface area contributed by atoms with Crippen LogP contribution in [0.3, 0.4) is 0 Å². The molecule has 4 rings (SSSR count). The number of hydrogen-bond donors (Lipinski definition) is 2. The van der Waals surface area contributed by atoms with Gasteiger partial charge in [0.1, 0.15) is 11.5 Å². The van der Waals surface area contributed by atoms with Crippen LogP contribution < -0.4 is 0 Å². The number of benzene rings is 3. The van der Waals surface area contributed by atoms with Crippen molar-refractivity contribution in [3.8, 4) is 11.5 Å². The van der Waals surface area contributed by atoms with Gasteiger partial charge in [-0.25, -0.2) is 4.79 Å². The van der Waals surface area contributed by atoms with Crippen LogP contribution in [-0.2, 0) is 11.2 Å². The molecule has 1 aliphatic carbocycles. The number of aromatic hydroxyl groups is 2. The average molecular weight is 358 g/mol. The predicted molar refractivity (Wildman–Crippen MR) is 104 cm³/mol. The molecule has 4 heteroatoms. The van der Waals surface area contributed by atoms with E-state index in [1.807, 2.05) is 30.3 Å². The molecule has 0 unspecified atom stereocenters.